The van der Waals surface area contributed by atoms with Crippen molar-refractivity contribution in [3.05, 3.63) is 48.0 Å². The molecule has 2 rings (SSSR count). The molecule has 2 aromatic carbocycles. The minimum Gasteiger partial charge on any atom is -0.508 e. The highest BCUT2D eigenvalue weighted by atomic mass is 35.5. The lowest BCUT2D eigenvalue weighted by Gasteiger charge is -2.12. The molecule has 0 atom stereocenters. The molecule has 0 aliphatic rings. The molecule has 0 bridgehead atoms. The summed E-state index contributed by atoms with van der Waals surface area (Å²) in [5.74, 6) is -0.332. The quantitative estimate of drug-likeness (QED) is 0.671. The average molecular weight is 313 g/mol. The van der Waals surface area contributed by atoms with Crippen LogP contribution in [0.15, 0.2) is 42.5 Å². The molecule has 1 N–H and O–H groups in total. The number of hydrogen-bond donors (Lipinski definition) is 1. The normalized spacial score (nSPS) is 11.2. The highest BCUT2D eigenvalue weighted by molar-refractivity contribution is 6.20. The van der Waals surface area contributed by atoms with Gasteiger partial charge < -0.3 is 9.84 Å². The van der Waals surface area contributed by atoms with Gasteiger partial charge in [-0.15, -0.1) is 8.78 Å². The monoisotopic (exact) mass is 312 g/mol. The van der Waals surface area contributed by atoms with Crippen molar-refractivity contribution in [3.8, 4) is 22.6 Å². The van der Waals surface area contributed by atoms with E-state index >= 15 is 0 Å². The van der Waals surface area contributed by atoms with Gasteiger partial charge in [0.25, 0.3) is 0 Å². The number of alkyl halides is 3. The van der Waals surface area contributed by atoms with E-state index in [0.717, 1.165) is 0 Å². The Bertz CT molecular complexity index is 664. The van der Waals surface area contributed by atoms with Gasteiger partial charge in [0.05, 0.1) is 0 Å². The smallest absolute Gasteiger partial charge is 0.487 e. The van der Waals surface area contributed by atoms with E-state index in [0.29, 0.717) is 16.7 Å². The number of rotatable bonds is 4. The largest absolute Gasteiger partial charge is 0.508 e. The Kier molecular flexibility index (Phi) is 4.14. The molecule has 0 heterocycles. The third-order valence-corrected chi connectivity index (χ3v) is 2.86. The van der Waals surface area contributed by atoms with Gasteiger partial charge in [-0.2, -0.15) is 0 Å². The molecule has 0 aromatic heterocycles. The fraction of sp³-hybridized carbons (Fsp3) is 0.133. The van der Waals surface area contributed by atoms with Crippen LogP contribution in [-0.2, 0) is 0 Å². The number of phenols is 1. The van der Waals surface area contributed by atoms with E-state index in [9.17, 15) is 18.7 Å². The van der Waals surface area contributed by atoms with E-state index < -0.39 is 5.57 Å². The molecule has 0 spiro atoms. The number of ether oxygens (including phenoxy) is 1. The van der Waals surface area contributed by atoms with Gasteiger partial charge in [-0.1, -0.05) is 12.1 Å². The minimum absolute atomic E-state index is 0.0225. The van der Waals surface area contributed by atoms with E-state index in [2.05, 4.69) is 16.3 Å². The van der Waals surface area contributed by atoms with Crippen molar-refractivity contribution in [1.29, 1.82) is 0 Å². The number of ketones is 1. The Morgan fingerprint density at radius 1 is 1.19 bits per heavy atom. The summed E-state index contributed by atoms with van der Waals surface area (Å²) in [6, 6.07) is 10.1. The summed E-state index contributed by atoms with van der Waals surface area (Å²) >= 11 is 4.68. The second-order valence-electron chi connectivity index (χ2n) is 4.36. The van der Waals surface area contributed by atoms with E-state index in [1.54, 1.807) is 6.07 Å². The number of carbonyl (C=O) groups excluding carboxylic acids is 1. The lowest BCUT2D eigenvalue weighted by atomic mass is 9.97. The molecule has 0 fully saturated rings. The SMILES string of the molecule is CC(=O)c1cc(O)ccc1-c1ccc(OC(F)(F)Cl)cc1. The van der Waals surface area contributed by atoms with Gasteiger partial charge in [-0.05, 0) is 48.4 Å². The van der Waals surface area contributed by atoms with E-state index in [1.165, 1.54) is 43.3 Å². The van der Waals surface area contributed by atoms with Crippen LogP contribution in [0.4, 0.5) is 8.78 Å². The highest BCUT2D eigenvalue weighted by Crippen LogP contribution is 2.30. The number of carbonyl (C=O) groups is 1. The standard InChI is InChI=1S/C15H11ClF2O3/c1-9(19)14-8-11(20)4-7-13(14)10-2-5-12(6-3-10)21-15(16,17)18/h2-8,20H,1H3. The van der Waals surface area contributed by atoms with Gasteiger partial charge >= 0.3 is 5.57 Å². The molecule has 0 aliphatic carbocycles. The molecule has 3 nitrogen and oxygen atoms in total. The van der Waals surface area contributed by atoms with Crippen LogP contribution in [-0.4, -0.2) is 16.5 Å². The first-order chi connectivity index (χ1) is 9.76. The topological polar surface area (TPSA) is 46.5 Å². The van der Waals surface area contributed by atoms with Crippen LogP contribution in [0.3, 0.4) is 0 Å². The first-order valence-electron chi connectivity index (χ1n) is 5.96. The fourth-order valence-electron chi connectivity index (χ4n) is 1.91. The Hall–Kier alpha value is -2.14. The summed E-state index contributed by atoms with van der Waals surface area (Å²) in [5.41, 5.74) is -2.22. The second-order valence-corrected chi connectivity index (χ2v) is 4.80. The molecule has 0 aliphatic heterocycles. The zero-order valence-corrected chi connectivity index (χ0v) is 11.7. The van der Waals surface area contributed by atoms with Crippen LogP contribution in [0.25, 0.3) is 11.1 Å². The number of benzene rings is 2. The number of halogens is 3. The van der Waals surface area contributed by atoms with Crippen molar-refractivity contribution in [2.24, 2.45) is 0 Å². The third-order valence-electron chi connectivity index (χ3n) is 2.78. The Morgan fingerprint density at radius 3 is 2.33 bits per heavy atom. The molecule has 0 saturated heterocycles. The molecule has 0 radical (unpaired) electrons. The molecular formula is C15H11ClF2O3. The van der Waals surface area contributed by atoms with Gasteiger partial charge in [-0.3, -0.25) is 4.79 Å². The van der Waals surface area contributed by atoms with Crippen LogP contribution in [0, 0.1) is 0 Å². The number of phenolic OH excluding ortho intramolecular Hbond substituents is 1. The minimum atomic E-state index is -3.77. The lowest BCUT2D eigenvalue weighted by molar-refractivity contribution is -0.0964. The Labute approximate surface area is 124 Å². The summed E-state index contributed by atoms with van der Waals surface area (Å²) in [7, 11) is 0. The fourth-order valence-corrected chi connectivity index (χ4v) is 2.00. The first kappa shape index (κ1) is 15.3. The van der Waals surface area contributed by atoms with E-state index in [1.807, 2.05) is 0 Å². The molecule has 21 heavy (non-hydrogen) atoms. The van der Waals surface area contributed by atoms with Crippen LogP contribution < -0.4 is 4.74 Å². The summed E-state index contributed by atoms with van der Waals surface area (Å²) in [6.45, 7) is 1.38. The van der Waals surface area contributed by atoms with Gasteiger partial charge in [0.1, 0.15) is 11.5 Å². The molecular weight excluding hydrogens is 302 g/mol. The van der Waals surface area contributed by atoms with Crippen LogP contribution in [0.1, 0.15) is 17.3 Å². The number of aromatic hydroxyl groups is 1. The van der Waals surface area contributed by atoms with Gasteiger partial charge in [0, 0.05) is 17.2 Å². The van der Waals surface area contributed by atoms with Crippen LogP contribution in [0.2, 0.25) is 0 Å². The van der Waals surface area contributed by atoms with Crippen molar-refractivity contribution >= 4 is 17.4 Å². The molecule has 6 heteroatoms. The zero-order valence-electron chi connectivity index (χ0n) is 10.9. The first-order valence-corrected chi connectivity index (χ1v) is 6.34. The highest BCUT2D eigenvalue weighted by Gasteiger charge is 2.27. The van der Waals surface area contributed by atoms with Crippen molar-refractivity contribution in [2.45, 2.75) is 12.5 Å². The Balaban J connectivity index is 2.37. The van der Waals surface area contributed by atoms with E-state index in [-0.39, 0.29) is 17.3 Å². The number of hydrogen-bond acceptors (Lipinski definition) is 3. The maximum atomic E-state index is 12.5. The molecule has 0 saturated carbocycles. The van der Waals surface area contributed by atoms with Crippen LogP contribution in [0.5, 0.6) is 11.5 Å². The zero-order chi connectivity index (χ0) is 15.6. The molecule has 0 unspecified atom stereocenters. The van der Waals surface area contributed by atoms with Crippen molar-refractivity contribution < 1.29 is 23.4 Å². The van der Waals surface area contributed by atoms with Crippen molar-refractivity contribution in [3.63, 3.8) is 0 Å². The number of Topliss-reactive ketones (excluding diaryl/α,β-unsaturated/α-hetero) is 1. The summed E-state index contributed by atoms with van der Waals surface area (Å²) < 4.78 is 29.2. The van der Waals surface area contributed by atoms with Crippen molar-refractivity contribution in [2.75, 3.05) is 0 Å². The van der Waals surface area contributed by atoms with Gasteiger partial charge in [-0.25, -0.2) is 0 Å². The average Bonchev–Trinajstić information content (AvgIpc) is 2.38. The predicted molar refractivity (Wildman–Crippen MR) is 75.0 cm³/mol. The molecule has 0 amide bonds. The maximum absolute atomic E-state index is 12.5. The second kappa shape index (κ2) is 5.69. The van der Waals surface area contributed by atoms with Crippen molar-refractivity contribution in [1.82, 2.24) is 0 Å². The molecule has 110 valence electrons. The lowest BCUT2D eigenvalue weighted by Crippen LogP contribution is -2.15. The summed E-state index contributed by atoms with van der Waals surface area (Å²) in [4.78, 5) is 11.6. The van der Waals surface area contributed by atoms with Gasteiger partial charge in [0.2, 0.25) is 0 Å². The van der Waals surface area contributed by atoms with E-state index in [4.69, 9.17) is 0 Å². The predicted octanol–water partition coefficient (Wildman–Crippen LogP) is 4.43. The van der Waals surface area contributed by atoms with Gasteiger partial charge in [0.15, 0.2) is 5.78 Å². The maximum Gasteiger partial charge on any atom is 0.487 e. The summed E-state index contributed by atoms with van der Waals surface area (Å²) in [6.07, 6.45) is 0. The van der Waals surface area contributed by atoms with Crippen LogP contribution >= 0.6 is 11.6 Å². The Morgan fingerprint density at radius 2 is 1.81 bits per heavy atom. The third kappa shape index (κ3) is 3.92. The summed E-state index contributed by atoms with van der Waals surface area (Å²) in [5, 5.41) is 9.43. The molecule has 2 aromatic rings.